The van der Waals surface area contributed by atoms with E-state index >= 15 is 0 Å². The number of aryl methyl sites for hydroxylation is 1. The van der Waals surface area contributed by atoms with Crippen LogP contribution in [0.15, 0.2) is 36.4 Å². The minimum atomic E-state index is -4.30. The Morgan fingerprint density at radius 2 is 1.71 bits per heavy atom. The maximum Gasteiger partial charge on any atom is 0.417 e. The van der Waals surface area contributed by atoms with Crippen molar-refractivity contribution in [2.24, 2.45) is 0 Å². The number of hydrogen-bond acceptors (Lipinski definition) is 0. The van der Waals surface area contributed by atoms with Gasteiger partial charge in [-0.15, -0.1) is 0 Å². The first kappa shape index (κ1) is 10.4. The van der Waals surface area contributed by atoms with E-state index in [1.165, 1.54) is 6.07 Å². The van der Waals surface area contributed by atoms with Gasteiger partial charge in [0.25, 0.3) is 0 Å². The SMILES string of the molecule is Cc1cc2ccc1c1c(C(F)(F)F)cccc21. The molecule has 0 aliphatic carbocycles. The number of halogens is 3. The fourth-order valence-corrected chi connectivity index (χ4v) is 2.43. The van der Waals surface area contributed by atoms with Crippen molar-refractivity contribution in [3.63, 3.8) is 0 Å². The van der Waals surface area contributed by atoms with E-state index < -0.39 is 11.7 Å². The summed E-state index contributed by atoms with van der Waals surface area (Å²) in [5, 5.41) is 2.56. The summed E-state index contributed by atoms with van der Waals surface area (Å²) >= 11 is 0. The quantitative estimate of drug-likeness (QED) is 0.526. The molecule has 0 saturated carbocycles. The van der Waals surface area contributed by atoms with E-state index in [0.717, 1.165) is 17.0 Å². The molecule has 0 spiro atoms. The van der Waals surface area contributed by atoms with E-state index in [9.17, 15) is 13.2 Å². The molecule has 0 radical (unpaired) electrons. The van der Waals surface area contributed by atoms with E-state index in [1.54, 1.807) is 12.1 Å². The number of rotatable bonds is 0. The van der Waals surface area contributed by atoms with Gasteiger partial charge in [-0.3, -0.25) is 0 Å². The second-order valence-electron chi connectivity index (χ2n) is 4.26. The van der Waals surface area contributed by atoms with Crippen LogP contribution in [-0.4, -0.2) is 0 Å². The van der Waals surface area contributed by atoms with Crippen molar-refractivity contribution in [1.82, 2.24) is 0 Å². The molecule has 0 saturated heterocycles. The first-order chi connectivity index (χ1) is 7.98. The summed E-state index contributed by atoms with van der Waals surface area (Å²) < 4.78 is 38.9. The normalized spacial score (nSPS) is 12.7. The maximum atomic E-state index is 13.0. The Balaban J connectivity index is 2.57. The van der Waals surface area contributed by atoms with Gasteiger partial charge in [0.05, 0.1) is 5.56 Å². The molecule has 0 atom stereocenters. The summed E-state index contributed by atoms with van der Waals surface area (Å²) in [6, 6.07) is 9.92. The standard InChI is InChI=1S/C14H9F3/c1-8-7-9-5-6-10(8)13-11(9)3-2-4-12(13)14(15,16)17/h2-7H,1H3. The largest absolute Gasteiger partial charge is 0.417 e. The molecule has 0 heterocycles. The summed E-state index contributed by atoms with van der Waals surface area (Å²) in [6.45, 7) is 1.84. The van der Waals surface area contributed by atoms with Gasteiger partial charge < -0.3 is 0 Å². The summed E-state index contributed by atoms with van der Waals surface area (Å²) in [4.78, 5) is 0. The number of hydrogen-bond donors (Lipinski definition) is 0. The van der Waals surface area contributed by atoms with Crippen LogP contribution in [0.4, 0.5) is 13.2 Å². The van der Waals surface area contributed by atoms with Crippen molar-refractivity contribution in [3.05, 3.63) is 47.5 Å². The molecule has 0 aliphatic heterocycles. The Morgan fingerprint density at radius 1 is 0.941 bits per heavy atom. The average Bonchev–Trinajstić information content (AvgIpc) is 2.28. The Kier molecular flexibility index (Phi) is 1.91. The predicted molar refractivity (Wildman–Crippen MR) is 62.4 cm³/mol. The van der Waals surface area contributed by atoms with Gasteiger partial charge in [-0.05, 0) is 34.7 Å². The maximum absolute atomic E-state index is 13.0. The van der Waals surface area contributed by atoms with Crippen molar-refractivity contribution in [1.29, 1.82) is 0 Å². The first-order valence-electron chi connectivity index (χ1n) is 5.30. The fourth-order valence-electron chi connectivity index (χ4n) is 2.43. The van der Waals surface area contributed by atoms with Crippen LogP contribution in [-0.2, 0) is 6.18 Å². The van der Waals surface area contributed by atoms with Crippen LogP contribution in [0.5, 0.6) is 0 Å². The third kappa shape index (κ3) is 1.38. The van der Waals surface area contributed by atoms with Gasteiger partial charge in [-0.2, -0.15) is 13.2 Å². The first-order valence-corrected chi connectivity index (χ1v) is 5.30. The van der Waals surface area contributed by atoms with E-state index in [-0.39, 0.29) is 0 Å². The summed E-state index contributed by atoms with van der Waals surface area (Å²) in [5.74, 6) is 0. The van der Waals surface area contributed by atoms with Crippen LogP contribution in [0.25, 0.3) is 21.5 Å². The molecule has 0 amide bonds. The molecule has 2 bridgehead atoms. The van der Waals surface area contributed by atoms with Crippen molar-refractivity contribution >= 4 is 21.5 Å². The van der Waals surface area contributed by atoms with Gasteiger partial charge in [-0.1, -0.05) is 30.3 Å². The topological polar surface area (TPSA) is 0 Å². The smallest absolute Gasteiger partial charge is 0.166 e. The molecule has 0 N–H and O–H groups in total. The van der Waals surface area contributed by atoms with Crippen molar-refractivity contribution in [2.75, 3.05) is 0 Å². The number of fused-ring (bicyclic) bond motifs is 2. The molecule has 86 valence electrons. The lowest BCUT2D eigenvalue weighted by atomic mass is 9.92. The monoisotopic (exact) mass is 234 g/mol. The second kappa shape index (κ2) is 3.13. The van der Waals surface area contributed by atoms with Crippen LogP contribution in [0.2, 0.25) is 0 Å². The van der Waals surface area contributed by atoms with Crippen LogP contribution < -0.4 is 0 Å². The Morgan fingerprint density at radius 3 is 2.35 bits per heavy atom. The highest BCUT2D eigenvalue weighted by Gasteiger charge is 2.33. The van der Waals surface area contributed by atoms with Crippen molar-refractivity contribution in [2.45, 2.75) is 13.1 Å². The van der Waals surface area contributed by atoms with Gasteiger partial charge in [0.1, 0.15) is 0 Å². The van der Waals surface area contributed by atoms with Crippen molar-refractivity contribution in [3.8, 4) is 0 Å². The zero-order valence-electron chi connectivity index (χ0n) is 9.10. The highest BCUT2D eigenvalue weighted by atomic mass is 19.4. The van der Waals surface area contributed by atoms with Gasteiger partial charge in [0, 0.05) is 5.39 Å². The van der Waals surface area contributed by atoms with E-state index in [0.29, 0.717) is 16.2 Å². The fraction of sp³-hybridized carbons (Fsp3) is 0.143. The summed E-state index contributed by atoms with van der Waals surface area (Å²) in [6.07, 6.45) is -4.30. The number of benzene rings is 4. The zero-order valence-corrected chi connectivity index (χ0v) is 9.10. The highest BCUT2D eigenvalue weighted by Crippen LogP contribution is 2.40. The Labute approximate surface area is 96.0 Å². The molecule has 17 heavy (non-hydrogen) atoms. The highest BCUT2D eigenvalue weighted by molar-refractivity contribution is 6.12. The Bertz CT molecular complexity index is 695. The van der Waals surface area contributed by atoms with Gasteiger partial charge in [0.2, 0.25) is 0 Å². The molecule has 0 fully saturated rings. The minimum Gasteiger partial charge on any atom is -0.166 e. The molecule has 0 nitrogen and oxygen atoms in total. The third-order valence-electron chi connectivity index (χ3n) is 3.18. The lowest BCUT2D eigenvalue weighted by Gasteiger charge is -2.15. The van der Waals surface area contributed by atoms with Crippen LogP contribution >= 0.6 is 0 Å². The van der Waals surface area contributed by atoms with E-state index in [2.05, 4.69) is 0 Å². The lowest BCUT2D eigenvalue weighted by molar-refractivity contribution is -0.136. The molecular weight excluding hydrogens is 225 g/mol. The molecular formula is C14H9F3. The molecule has 3 heteroatoms. The lowest BCUT2D eigenvalue weighted by Crippen LogP contribution is -2.06. The molecule has 0 aliphatic rings. The van der Waals surface area contributed by atoms with Crippen molar-refractivity contribution < 1.29 is 13.2 Å². The summed E-state index contributed by atoms with van der Waals surface area (Å²) in [5.41, 5.74) is 0.353. The zero-order chi connectivity index (χ0) is 12.2. The van der Waals surface area contributed by atoms with Gasteiger partial charge in [-0.25, -0.2) is 0 Å². The van der Waals surface area contributed by atoms with Crippen LogP contribution in [0.3, 0.4) is 0 Å². The van der Waals surface area contributed by atoms with Gasteiger partial charge >= 0.3 is 6.18 Å². The average molecular weight is 234 g/mol. The van der Waals surface area contributed by atoms with E-state index in [4.69, 9.17) is 0 Å². The molecule has 0 aromatic heterocycles. The van der Waals surface area contributed by atoms with E-state index in [1.807, 2.05) is 19.1 Å². The number of alkyl halides is 3. The van der Waals surface area contributed by atoms with Crippen LogP contribution in [0.1, 0.15) is 11.1 Å². The third-order valence-corrected chi connectivity index (χ3v) is 3.18. The van der Waals surface area contributed by atoms with Crippen LogP contribution in [0, 0.1) is 6.92 Å². The molecule has 0 unspecified atom stereocenters. The second-order valence-corrected chi connectivity index (χ2v) is 4.26. The van der Waals surface area contributed by atoms with Gasteiger partial charge in [0.15, 0.2) is 0 Å². The summed E-state index contributed by atoms with van der Waals surface area (Å²) in [7, 11) is 0. The molecule has 4 aromatic rings. The predicted octanol–water partition coefficient (Wildman–Crippen LogP) is 4.76. The minimum absolute atomic E-state index is 0.331. The Hall–Kier alpha value is -1.77. The molecule has 4 rings (SSSR count). The molecule has 4 aromatic carbocycles.